The van der Waals surface area contributed by atoms with Crippen molar-refractivity contribution in [2.75, 3.05) is 23.5 Å². The Balaban J connectivity index is 1.66. The lowest BCUT2D eigenvalue weighted by atomic mass is 10.0. The van der Waals surface area contributed by atoms with Crippen LogP contribution in [0.4, 0.5) is 5.00 Å². The largest absolute Gasteiger partial charge is 0.462 e. The molecule has 0 aliphatic heterocycles. The first kappa shape index (κ1) is 20.7. The highest BCUT2D eigenvalue weighted by atomic mass is 32.2. The molecule has 1 saturated carbocycles. The number of aromatic nitrogens is 3. The van der Waals surface area contributed by atoms with Crippen LogP contribution in [0.3, 0.4) is 0 Å². The molecule has 0 spiro atoms. The van der Waals surface area contributed by atoms with Crippen molar-refractivity contribution in [1.82, 2.24) is 14.9 Å². The van der Waals surface area contributed by atoms with Crippen molar-refractivity contribution in [3.8, 4) is 0 Å². The van der Waals surface area contributed by atoms with Gasteiger partial charge in [-0.25, -0.2) is 9.47 Å². The van der Waals surface area contributed by atoms with Gasteiger partial charge in [-0.15, -0.1) is 21.5 Å². The Bertz CT molecular complexity index is 858. The van der Waals surface area contributed by atoms with E-state index < -0.39 is 5.97 Å². The summed E-state index contributed by atoms with van der Waals surface area (Å²) >= 11 is 2.57. The fourth-order valence-electron chi connectivity index (χ4n) is 2.80. The molecule has 152 valence electrons. The molecule has 1 amide bonds. The second kappa shape index (κ2) is 8.95. The van der Waals surface area contributed by atoms with Gasteiger partial charge in [0.25, 0.3) is 0 Å². The topological polar surface area (TPSA) is 112 Å². The number of carbonyl (C=O) groups is 2. The van der Waals surface area contributed by atoms with Gasteiger partial charge in [0.1, 0.15) is 5.00 Å². The van der Waals surface area contributed by atoms with Gasteiger partial charge in [-0.05, 0) is 43.0 Å². The van der Waals surface area contributed by atoms with Crippen LogP contribution in [0.25, 0.3) is 0 Å². The number of esters is 1. The molecule has 0 saturated heterocycles. The molecule has 10 heteroatoms. The van der Waals surface area contributed by atoms with E-state index in [-0.39, 0.29) is 18.3 Å². The molecular weight excluding hydrogens is 398 g/mol. The van der Waals surface area contributed by atoms with Crippen LogP contribution in [0.15, 0.2) is 10.5 Å². The summed E-state index contributed by atoms with van der Waals surface area (Å²) in [6, 6.07) is 0. The number of rotatable bonds is 9. The van der Waals surface area contributed by atoms with Crippen molar-refractivity contribution < 1.29 is 14.3 Å². The van der Waals surface area contributed by atoms with Crippen molar-refractivity contribution in [2.24, 2.45) is 5.92 Å². The number of carbonyl (C=O) groups excluding carboxylic acids is 2. The van der Waals surface area contributed by atoms with Gasteiger partial charge in [0.15, 0.2) is 5.82 Å². The highest BCUT2D eigenvalue weighted by Crippen LogP contribution is 2.39. The number of hydrogen-bond acceptors (Lipinski definition) is 8. The Labute approximate surface area is 172 Å². The van der Waals surface area contributed by atoms with Crippen molar-refractivity contribution in [1.29, 1.82) is 0 Å². The van der Waals surface area contributed by atoms with Crippen LogP contribution in [-0.4, -0.2) is 39.1 Å². The minimum atomic E-state index is -0.405. The first-order valence-corrected chi connectivity index (χ1v) is 11.2. The van der Waals surface area contributed by atoms with E-state index in [9.17, 15) is 9.59 Å². The number of thioether (sulfide) groups is 1. The molecule has 1 aliphatic carbocycles. The molecule has 1 aliphatic rings. The molecule has 0 atom stereocenters. The smallest absolute Gasteiger partial charge is 0.341 e. The minimum Gasteiger partial charge on any atom is -0.462 e. The Morgan fingerprint density at radius 2 is 2.18 bits per heavy atom. The van der Waals surface area contributed by atoms with Gasteiger partial charge in [-0.2, -0.15) is 0 Å². The molecule has 3 rings (SSSR count). The number of nitrogens with two attached hydrogens (primary N) is 1. The molecule has 0 bridgehead atoms. The number of nitrogens with zero attached hydrogens (tertiary/aromatic N) is 3. The zero-order valence-corrected chi connectivity index (χ0v) is 17.9. The molecule has 2 aromatic heterocycles. The van der Waals surface area contributed by atoms with Gasteiger partial charge < -0.3 is 15.9 Å². The van der Waals surface area contributed by atoms with Gasteiger partial charge in [-0.3, -0.25) is 4.79 Å². The van der Waals surface area contributed by atoms with Gasteiger partial charge in [0, 0.05) is 5.92 Å². The maximum absolute atomic E-state index is 12.4. The van der Waals surface area contributed by atoms with E-state index in [4.69, 9.17) is 10.6 Å². The molecule has 2 heterocycles. The predicted molar refractivity (Wildman–Crippen MR) is 110 cm³/mol. The van der Waals surface area contributed by atoms with Crippen LogP contribution >= 0.6 is 23.1 Å². The van der Waals surface area contributed by atoms with Gasteiger partial charge in [-0.1, -0.05) is 25.6 Å². The molecule has 0 unspecified atom stereocenters. The van der Waals surface area contributed by atoms with Crippen LogP contribution in [0.1, 0.15) is 61.3 Å². The van der Waals surface area contributed by atoms with E-state index in [1.54, 1.807) is 6.92 Å². The van der Waals surface area contributed by atoms with E-state index in [0.717, 1.165) is 30.7 Å². The zero-order valence-electron chi connectivity index (χ0n) is 16.2. The second-order valence-corrected chi connectivity index (χ2v) is 8.93. The number of nitrogen functional groups attached to an aromatic ring is 1. The Kier molecular flexibility index (Phi) is 6.61. The molecule has 0 aromatic carbocycles. The summed E-state index contributed by atoms with van der Waals surface area (Å²) in [5.74, 6) is 7.04. The number of hydrogen-bond donors (Lipinski definition) is 2. The number of nitrogens with one attached hydrogen (secondary N) is 1. The summed E-state index contributed by atoms with van der Waals surface area (Å²) in [7, 11) is 0. The quantitative estimate of drug-likeness (QED) is 0.362. The minimum absolute atomic E-state index is 0.125. The van der Waals surface area contributed by atoms with Gasteiger partial charge >= 0.3 is 5.97 Å². The molecule has 28 heavy (non-hydrogen) atoms. The van der Waals surface area contributed by atoms with Crippen LogP contribution in [-0.2, 0) is 16.0 Å². The average molecular weight is 424 g/mol. The highest BCUT2D eigenvalue weighted by Gasteiger charge is 2.30. The highest BCUT2D eigenvalue weighted by molar-refractivity contribution is 7.99. The van der Waals surface area contributed by atoms with E-state index in [2.05, 4.69) is 29.4 Å². The number of anilines is 1. The van der Waals surface area contributed by atoms with Gasteiger partial charge in [0.05, 0.1) is 17.9 Å². The van der Waals surface area contributed by atoms with Crippen molar-refractivity contribution >= 4 is 40.0 Å². The van der Waals surface area contributed by atoms with Crippen molar-refractivity contribution in [3.05, 3.63) is 22.3 Å². The fourth-order valence-corrected chi connectivity index (χ4v) is 4.44. The molecule has 1 fully saturated rings. The lowest BCUT2D eigenvalue weighted by Crippen LogP contribution is -2.18. The number of thiophene rings is 1. The van der Waals surface area contributed by atoms with Crippen molar-refractivity contribution in [3.63, 3.8) is 0 Å². The van der Waals surface area contributed by atoms with Crippen LogP contribution < -0.4 is 11.2 Å². The van der Waals surface area contributed by atoms with Crippen molar-refractivity contribution in [2.45, 2.75) is 51.1 Å². The fraction of sp³-hybridized carbons (Fsp3) is 0.556. The summed E-state index contributed by atoms with van der Waals surface area (Å²) in [6.45, 7) is 6.22. The monoisotopic (exact) mass is 423 g/mol. The second-order valence-electron chi connectivity index (χ2n) is 7.11. The van der Waals surface area contributed by atoms with E-state index in [0.29, 0.717) is 27.6 Å². The van der Waals surface area contributed by atoms with E-state index >= 15 is 0 Å². The Morgan fingerprint density at radius 3 is 2.82 bits per heavy atom. The normalized spacial score (nSPS) is 13.7. The predicted octanol–water partition coefficient (Wildman–Crippen LogP) is 3.04. The lowest BCUT2D eigenvalue weighted by molar-refractivity contribution is -0.113. The summed E-state index contributed by atoms with van der Waals surface area (Å²) in [5.41, 5.74) is 1.36. The van der Waals surface area contributed by atoms with Gasteiger partial charge in [0.2, 0.25) is 11.1 Å². The van der Waals surface area contributed by atoms with Crippen LogP contribution in [0.2, 0.25) is 0 Å². The molecule has 3 N–H and O–H groups in total. The lowest BCUT2D eigenvalue weighted by Gasteiger charge is -2.09. The first-order chi connectivity index (χ1) is 13.4. The van der Waals surface area contributed by atoms with E-state index in [1.165, 1.54) is 27.8 Å². The third-order valence-electron chi connectivity index (χ3n) is 4.19. The Hall–Kier alpha value is -2.07. The number of amides is 1. The maximum atomic E-state index is 12.4. The number of ether oxygens (including phenoxy) is 1. The molecule has 8 nitrogen and oxygen atoms in total. The SMILES string of the molecule is CCOC(=O)c1c(CC(C)C)csc1NC(=O)CSc1nnc(C2CC2)n1N. The summed E-state index contributed by atoms with van der Waals surface area (Å²) in [4.78, 5) is 24.8. The summed E-state index contributed by atoms with van der Waals surface area (Å²) in [5, 5.41) is 13.9. The van der Waals surface area contributed by atoms with Crippen LogP contribution in [0, 0.1) is 5.92 Å². The molecular formula is C18H25N5O3S2. The third-order valence-corrected chi connectivity index (χ3v) is 6.08. The van der Waals surface area contributed by atoms with E-state index in [1.807, 2.05) is 5.38 Å². The average Bonchev–Trinajstić information content (AvgIpc) is 3.30. The first-order valence-electron chi connectivity index (χ1n) is 9.31. The maximum Gasteiger partial charge on any atom is 0.341 e. The Morgan fingerprint density at radius 1 is 1.43 bits per heavy atom. The molecule has 0 radical (unpaired) electrons. The zero-order chi connectivity index (χ0) is 20.3. The summed E-state index contributed by atoms with van der Waals surface area (Å²) in [6.07, 6.45) is 2.90. The standard InChI is InChI=1S/C18H25N5O3S2/c1-4-26-17(25)14-12(7-10(2)3)8-27-16(14)20-13(24)9-28-18-22-21-15(23(18)19)11-5-6-11/h8,10-11H,4-7,9,19H2,1-3H3,(H,20,24). The molecule has 2 aromatic rings. The third kappa shape index (κ3) is 4.85. The van der Waals surface area contributed by atoms with Crippen LogP contribution in [0.5, 0.6) is 0 Å². The summed E-state index contributed by atoms with van der Waals surface area (Å²) < 4.78 is 6.64.